The number of nitriles is 1. The van der Waals surface area contributed by atoms with Crippen LogP contribution in [0.25, 0.3) is 0 Å². The first-order chi connectivity index (χ1) is 5.68. The summed E-state index contributed by atoms with van der Waals surface area (Å²) in [6.07, 6.45) is 0.979. The zero-order valence-electron chi connectivity index (χ0n) is 7.01. The van der Waals surface area contributed by atoms with E-state index in [1.54, 1.807) is 6.07 Å². The fourth-order valence-electron chi connectivity index (χ4n) is 0.372. The van der Waals surface area contributed by atoms with E-state index in [-0.39, 0.29) is 12.4 Å². The number of carbonyl (C=O) groups is 1. The zero-order valence-corrected chi connectivity index (χ0v) is 7.76. The lowest BCUT2D eigenvalue weighted by molar-refractivity contribution is -0.135. The smallest absolute Gasteiger partial charge is 0.317 e. The van der Waals surface area contributed by atoms with Gasteiger partial charge in [0.25, 0.3) is 0 Å². The van der Waals surface area contributed by atoms with Crippen LogP contribution < -0.4 is 5.32 Å². The monoisotopic (exact) mass is 192 g/mol. The van der Waals surface area contributed by atoms with Crippen molar-refractivity contribution in [1.82, 2.24) is 5.32 Å². The summed E-state index contributed by atoms with van der Waals surface area (Å²) in [7, 11) is 0. The normalized spacial score (nSPS) is 7.75. The molecule has 4 nitrogen and oxygen atoms in total. The van der Waals surface area contributed by atoms with Crippen molar-refractivity contribution >= 4 is 17.6 Å². The fraction of sp³-hybridized carbons (Fsp3) is 0.714. The van der Waals surface area contributed by atoms with Crippen LogP contribution in [-0.2, 0) is 4.79 Å². The van der Waals surface area contributed by atoms with Crippen LogP contribution in [0.4, 0.5) is 0 Å². The number of halogens is 1. The van der Waals surface area contributed by atoms with Gasteiger partial charge in [-0.2, -0.15) is 5.26 Å². The van der Waals surface area contributed by atoms with Gasteiger partial charge in [-0.05, 0) is 13.0 Å². The van der Waals surface area contributed by atoms with Gasteiger partial charge in [-0.1, -0.05) is 6.92 Å². The van der Waals surface area contributed by atoms with Crippen LogP contribution in [-0.4, -0.2) is 30.0 Å². The van der Waals surface area contributed by atoms with Gasteiger partial charge in [0.05, 0.1) is 12.6 Å². The van der Waals surface area contributed by atoms with Gasteiger partial charge >= 0.3 is 5.97 Å². The maximum atomic E-state index is 9.81. The van der Waals surface area contributed by atoms with Gasteiger partial charge in [-0.3, -0.25) is 4.79 Å². The highest BCUT2D eigenvalue weighted by molar-refractivity contribution is 6.19. The molecule has 0 bridgehead atoms. The quantitative estimate of drug-likeness (QED) is 0.511. The number of alkyl halides is 1. The summed E-state index contributed by atoms with van der Waals surface area (Å²) in [5.41, 5.74) is 0. The predicted molar refractivity (Wildman–Crippen MR) is 47.1 cm³/mol. The van der Waals surface area contributed by atoms with Crippen molar-refractivity contribution in [1.29, 1.82) is 5.26 Å². The molecule has 0 amide bonds. The Balaban J connectivity index is 0. The second kappa shape index (κ2) is 12.8. The topological polar surface area (TPSA) is 73.1 Å². The van der Waals surface area contributed by atoms with Crippen LogP contribution in [0.5, 0.6) is 0 Å². The lowest BCUT2D eigenvalue weighted by atomic mass is 10.5. The highest BCUT2D eigenvalue weighted by Gasteiger charge is 1.90. The van der Waals surface area contributed by atoms with Gasteiger partial charge < -0.3 is 10.4 Å². The molecule has 0 saturated carbocycles. The number of carboxylic acid groups (broad SMARTS) is 1. The van der Waals surface area contributed by atoms with E-state index in [4.69, 9.17) is 22.0 Å². The molecule has 5 heteroatoms. The van der Waals surface area contributed by atoms with Crippen molar-refractivity contribution in [2.75, 3.05) is 19.0 Å². The third kappa shape index (κ3) is 22.9. The Morgan fingerprint density at radius 1 is 1.75 bits per heavy atom. The van der Waals surface area contributed by atoms with Gasteiger partial charge in [-0.15, -0.1) is 11.6 Å². The maximum Gasteiger partial charge on any atom is 0.317 e. The van der Waals surface area contributed by atoms with Crippen LogP contribution in [0, 0.1) is 11.3 Å². The number of rotatable bonds is 4. The summed E-state index contributed by atoms with van der Waals surface area (Å²) in [6, 6.07) is 1.70. The summed E-state index contributed by atoms with van der Waals surface area (Å²) in [5.74, 6) is -0.696. The van der Waals surface area contributed by atoms with Gasteiger partial charge in [0, 0.05) is 0 Å². The Bertz CT molecular complexity index is 145. The molecule has 0 aliphatic rings. The highest BCUT2D eigenvalue weighted by atomic mass is 35.5. The molecule has 0 saturated heterocycles. The molecule has 0 aromatic carbocycles. The van der Waals surface area contributed by atoms with E-state index in [2.05, 4.69) is 5.32 Å². The predicted octanol–water partition coefficient (Wildman–Crippen LogP) is 0.819. The minimum atomic E-state index is -0.793. The molecule has 2 N–H and O–H groups in total. The van der Waals surface area contributed by atoms with Crippen LogP contribution in [0.2, 0.25) is 0 Å². The van der Waals surface area contributed by atoms with Gasteiger partial charge in [-0.25, -0.2) is 0 Å². The van der Waals surface area contributed by atoms with E-state index in [1.165, 1.54) is 0 Å². The molecule has 0 unspecified atom stereocenters. The van der Waals surface area contributed by atoms with Crippen molar-refractivity contribution in [2.24, 2.45) is 0 Å². The molecule has 0 aromatic rings. The Kier molecular flexibility index (Phi) is 14.8. The summed E-state index contributed by atoms with van der Waals surface area (Å²) in [4.78, 5) is 9.81. The number of nitrogens with one attached hydrogen (secondary N) is 1. The number of carboxylic acids is 1. The third-order valence-electron chi connectivity index (χ3n) is 0.763. The molecule has 12 heavy (non-hydrogen) atoms. The van der Waals surface area contributed by atoms with E-state index < -0.39 is 5.97 Å². The summed E-state index contributed by atoms with van der Waals surface area (Å²) >= 11 is 4.82. The summed E-state index contributed by atoms with van der Waals surface area (Å²) < 4.78 is 0. The van der Waals surface area contributed by atoms with Crippen molar-refractivity contribution in [3.8, 4) is 6.07 Å². The average Bonchev–Trinajstić information content (AvgIpc) is 2.05. The molecule has 0 aliphatic carbocycles. The standard InChI is InChI=1S/C5H11NO2.C2H2ClN/c1-2-3-6-4-5(7)8;3-1-2-4/h6H,2-4H2,1H3,(H,7,8);1H2. The number of hydrogen-bond donors (Lipinski definition) is 2. The van der Waals surface area contributed by atoms with Crippen molar-refractivity contribution in [3.63, 3.8) is 0 Å². The maximum absolute atomic E-state index is 9.81. The van der Waals surface area contributed by atoms with E-state index in [0.717, 1.165) is 13.0 Å². The lowest BCUT2D eigenvalue weighted by Gasteiger charge is -1.94. The minimum absolute atomic E-state index is 0.0772. The van der Waals surface area contributed by atoms with Gasteiger partial charge in [0.2, 0.25) is 0 Å². The van der Waals surface area contributed by atoms with Gasteiger partial charge in [0.15, 0.2) is 0 Å². The summed E-state index contributed by atoms with van der Waals surface area (Å²) in [6.45, 7) is 2.86. The van der Waals surface area contributed by atoms with E-state index in [9.17, 15) is 4.79 Å². The first-order valence-electron chi connectivity index (χ1n) is 3.54. The first kappa shape index (κ1) is 13.8. The molecule has 0 rings (SSSR count). The van der Waals surface area contributed by atoms with E-state index in [1.807, 2.05) is 6.92 Å². The van der Waals surface area contributed by atoms with Crippen LogP contribution in [0.1, 0.15) is 13.3 Å². The van der Waals surface area contributed by atoms with Crippen molar-refractivity contribution < 1.29 is 9.90 Å². The van der Waals surface area contributed by atoms with Crippen molar-refractivity contribution in [2.45, 2.75) is 13.3 Å². The zero-order chi connectivity index (χ0) is 9.82. The Morgan fingerprint density at radius 3 is 2.50 bits per heavy atom. The molecule has 0 radical (unpaired) electrons. The Labute approximate surface area is 77.1 Å². The number of hydrogen-bond acceptors (Lipinski definition) is 3. The average molecular weight is 193 g/mol. The Hall–Kier alpha value is -0.790. The van der Waals surface area contributed by atoms with Crippen LogP contribution in [0.3, 0.4) is 0 Å². The van der Waals surface area contributed by atoms with Crippen LogP contribution >= 0.6 is 11.6 Å². The molecular weight excluding hydrogens is 180 g/mol. The number of aliphatic carboxylic acids is 1. The second-order valence-electron chi connectivity index (χ2n) is 1.86. The minimum Gasteiger partial charge on any atom is -0.480 e. The molecular formula is C7H13ClN2O2. The molecule has 0 fully saturated rings. The highest BCUT2D eigenvalue weighted by Crippen LogP contribution is 1.67. The fourth-order valence-corrected chi connectivity index (χ4v) is 0.372. The molecule has 0 atom stereocenters. The van der Waals surface area contributed by atoms with Gasteiger partial charge in [0.1, 0.15) is 5.88 Å². The van der Waals surface area contributed by atoms with E-state index in [0.29, 0.717) is 0 Å². The number of nitrogens with zero attached hydrogens (tertiary/aromatic N) is 1. The molecule has 70 valence electrons. The van der Waals surface area contributed by atoms with Crippen molar-refractivity contribution in [3.05, 3.63) is 0 Å². The molecule has 0 spiro atoms. The van der Waals surface area contributed by atoms with E-state index >= 15 is 0 Å². The first-order valence-corrected chi connectivity index (χ1v) is 4.07. The van der Waals surface area contributed by atoms with Crippen LogP contribution in [0.15, 0.2) is 0 Å². The molecule has 0 aromatic heterocycles. The molecule has 0 heterocycles. The lowest BCUT2D eigenvalue weighted by Crippen LogP contribution is -2.22. The Morgan fingerprint density at radius 2 is 2.25 bits per heavy atom. The largest absolute Gasteiger partial charge is 0.480 e. The SMILES string of the molecule is CCCNCC(=O)O.N#CCCl. The second-order valence-corrected chi connectivity index (χ2v) is 2.13. The third-order valence-corrected chi connectivity index (χ3v) is 0.882. The summed E-state index contributed by atoms with van der Waals surface area (Å²) in [5, 5.41) is 18.3. The molecule has 0 aliphatic heterocycles.